The van der Waals surface area contributed by atoms with E-state index in [-0.39, 0.29) is 5.92 Å². The molecule has 2 nitrogen and oxygen atoms in total. The fourth-order valence-corrected chi connectivity index (χ4v) is 1.40. The molecule has 0 aliphatic heterocycles. The third kappa shape index (κ3) is 2.82. The summed E-state index contributed by atoms with van der Waals surface area (Å²) in [6, 6.07) is 9.54. The Hall–Kier alpha value is -0.860. The molecule has 0 amide bonds. The molecule has 0 heterocycles. The van der Waals surface area contributed by atoms with E-state index in [4.69, 9.17) is 0 Å². The van der Waals surface area contributed by atoms with Crippen LogP contribution in [0.4, 0.5) is 0 Å². The average molecular weight is 194 g/mol. The molecule has 1 rings (SSSR count). The number of hydrogen-bond donors (Lipinski definition) is 2. The summed E-state index contributed by atoms with van der Waals surface area (Å²) in [5.74, 6) is -1.70. The van der Waals surface area contributed by atoms with E-state index in [0.717, 1.165) is 12.0 Å². The van der Waals surface area contributed by atoms with E-state index in [1.165, 1.54) is 0 Å². The molecule has 0 saturated carbocycles. The molecule has 1 aromatic rings. The molecule has 0 radical (unpaired) electrons. The van der Waals surface area contributed by atoms with Crippen LogP contribution in [-0.2, 0) is 6.42 Å². The van der Waals surface area contributed by atoms with Crippen LogP contribution < -0.4 is 0 Å². The Morgan fingerprint density at radius 3 is 2.29 bits per heavy atom. The topological polar surface area (TPSA) is 40.5 Å². The van der Waals surface area contributed by atoms with Crippen LogP contribution in [0.5, 0.6) is 0 Å². The lowest BCUT2D eigenvalue weighted by Gasteiger charge is -2.27. The maximum Gasteiger partial charge on any atom is 0.169 e. The molecule has 0 spiro atoms. The first-order valence-corrected chi connectivity index (χ1v) is 5.05. The molecule has 0 fully saturated rings. The Bertz CT molecular complexity index is 267. The van der Waals surface area contributed by atoms with Gasteiger partial charge in [0.15, 0.2) is 5.79 Å². The molecule has 78 valence electrons. The maximum atomic E-state index is 9.79. The maximum absolute atomic E-state index is 9.79. The predicted molar refractivity (Wildman–Crippen MR) is 56.8 cm³/mol. The third-order valence-electron chi connectivity index (χ3n) is 2.71. The Morgan fingerprint density at radius 2 is 1.79 bits per heavy atom. The molecular weight excluding hydrogens is 176 g/mol. The van der Waals surface area contributed by atoms with Crippen molar-refractivity contribution in [2.75, 3.05) is 0 Å². The summed E-state index contributed by atoms with van der Waals surface area (Å²) >= 11 is 0. The first-order chi connectivity index (χ1) is 6.56. The van der Waals surface area contributed by atoms with Gasteiger partial charge in [-0.3, -0.25) is 0 Å². The summed E-state index contributed by atoms with van der Waals surface area (Å²) in [4.78, 5) is 0. The summed E-state index contributed by atoms with van der Waals surface area (Å²) < 4.78 is 0. The van der Waals surface area contributed by atoms with Crippen molar-refractivity contribution >= 4 is 0 Å². The van der Waals surface area contributed by atoms with Crippen molar-refractivity contribution < 1.29 is 10.2 Å². The van der Waals surface area contributed by atoms with Crippen LogP contribution in [0.15, 0.2) is 30.3 Å². The van der Waals surface area contributed by atoms with Crippen molar-refractivity contribution in [1.29, 1.82) is 0 Å². The lowest BCUT2D eigenvalue weighted by atomic mass is 9.92. The van der Waals surface area contributed by atoms with Gasteiger partial charge >= 0.3 is 0 Å². The van der Waals surface area contributed by atoms with Gasteiger partial charge in [-0.25, -0.2) is 0 Å². The Kier molecular flexibility index (Phi) is 3.67. The SMILES string of the molecule is CC[C@H](C)C(O)(O)Cc1ccccc1. The van der Waals surface area contributed by atoms with Gasteiger partial charge in [0.05, 0.1) is 0 Å². The third-order valence-corrected chi connectivity index (χ3v) is 2.71. The summed E-state index contributed by atoms with van der Waals surface area (Å²) in [7, 11) is 0. The highest BCUT2D eigenvalue weighted by Gasteiger charge is 2.29. The van der Waals surface area contributed by atoms with Crippen molar-refractivity contribution in [1.82, 2.24) is 0 Å². The van der Waals surface area contributed by atoms with Crippen LogP contribution in [0.25, 0.3) is 0 Å². The second-order valence-electron chi connectivity index (χ2n) is 3.85. The van der Waals surface area contributed by atoms with Gasteiger partial charge in [0.25, 0.3) is 0 Å². The van der Waals surface area contributed by atoms with E-state index in [1.807, 2.05) is 44.2 Å². The monoisotopic (exact) mass is 194 g/mol. The van der Waals surface area contributed by atoms with Gasteiger partial charge in [0, 0.05) is 12.3 Å². The van der Waals surface area contributed by atoms with E-state index < -0.39 is 5.79 Å². The molecule has 0 bridgehead atoms. The minimum absolute atomic E-state index is 0.109. The molecule has 2 heteroatoms. The van der Waals surface area contributed by atoms with Crippen molar-refractivity contribution in [3.63, 3.8) is 0 Å². The molecule has 0 aliphatic rings. The lowest BCUT2D eigenvalue weighted by Crippen LogP contribution is -2.38. The molecule has 0 aromatic heterocycles. The van der Waals surface area contributed by atoms with Crippen molar-refractivity contribution in [2.24, 2.45) is 5.92 Å². The summed E-state index contributed by atoms with van der Waals surface area (Å²) in [5.41, 5.74) is 0.956. The van der Waals surface area contributed by atoms with Crippen molar-refractivity contribution in [3.8, 4) is 0 Å². The molecule has 0 unspecified atom stereocenters. The van der Waals surface area contributed by atoms with Gasteiger partial charge in [-0.15, -0.1) is 0 Å². The number of aliphatic hydroxyl groups is 2. The molecule has 2 N–H and O–H groups in total. The van der Waals surface area contributed by atoms with Crippen LogP contribution in [0.3, 0.4) is 0 Å². The van der Waals surface area contributed by atoms with Gasteiger partial charge < -0.3 is 10.2 Å². The van der Waals surface area contributed by atoms with E-state index in [0.29, 0.717) is 6.42 Å². The van der Waals surface area contributed by atoms with E-state index >= 15 is 0 Å². The second-order valence-corrected chi connectivity index (χ2v) is 3.85. The zero-order valence-electron chi connectivity index (χ0n) is 8.77. The van der Waals surface area contributed by atoms with Crippen LogP contribution in [0.1, 0.15) is 25.8 Å². The fraction of sp³-hybridized carbons (Fsp3) is 0.500. The fourth-order valence-electron chi connectivity index (χ4n) is 1.40. The van der Waals surface area contributed by atoms with Gasteiger partial charge in [0.2, 0.25) is 0 Å². The van der Waals surface area contributed by atoms with Crippen LogP contribution in [0.2, 0.25) is 0 Å². The summed E-state index contributed by atoms with van der Waals surface area (Å²) in [5, 5.41) is 19.6. The lowest BCUT2D eigenvalue weighted by molar-refractivity contribution is -0.195. The minimum Gasteiger partial charge on any atom is -0.365 e. The summed E-state index contributed by atoms with van der Waals surface area (Å²) in [6.45, 7) is 3.81. The molecule has 1 atom stereocenters. The van der Waals surface area contributed by atoms with Gasteiger partial charge in [-0.1, -0.05) is 44.2 Å². The zero-order chi connectivity index (χ0) is 10.6. The highest BCUT2D eigenvalue weighted by molar-refractivity contribution is 5.16. The van der Waals surface area contributed by atoms with Crippen LogP contribution in [-0.4, -0.2) is 16.0 Å². The first-order valence-electron chi connectivity index (χ1n) is 5.05. The quantitative estimate of drug-likeness (QED) is 0.719. The largest absolute Gasteiger partial charge is 0.365 e. The molecule has 1 aromatic carbocycles. The molecule has 0 aliphatic carbocycles. The van der Waals surface area contributed by atoms with Crippen molar-refractivity contribution in [3.05, 3.63) is 35.9 Å². The summed E-state index contributed by atoms with van der Waals surface area (Å²) in [6.07, 6.45) is 1.06. The number of benzene rings is 1. The molecule has 14 heavy (non-hydrogen) atoms. The predicted octanol–water partition coefficient (Wildman–Crippen LogP) is 1.96. The minimum atomic E-state index is -1.59. The average Bonchev–Trinajstić information content (AvgIpc) is 2.17. The van der Waals surface area contributed by atoms with Gasteiger partial charge in [-0.05, 0) is 12.0 Å². The van der Waals surface area contributed by atoms with E-state index in [2.05, 4.69) is 0 Å². The highest BCUT2D eigenvalue weighted by atomic mass is 16.5. The van der Waals surface area contributed by atoms with Crippen LogP contribution >= 0.6 is 0 Å². The normalized spacial score (nSPS) is 14.0. The Labute approximate surface area is 85.2 Å². The Balaban J connectivity index is 2.68. The highest BCUT2D eigenvalue weighted by Crippen LogP contribution is 2.21. The zero-order valence-corrected chi connectivity index (χ0v) is 8.77. The second kappa shape index (κ2) is 4.58. The molecular formula is C12H18O2. The molecule has 0 saturated heterocycles. The standard InChI is InChI=1S/C12H18O2/c1-3-10(2)12(13,14)9-11-7-5-4-6-8-11/h4-8,10,13-14H,3,9H2,1-2H3/t10-/m0/s1. The Morgan fingerprint density at radius 1 is 1.21 bits per heavy atom. The van der Waals surface area contributed by atoms with Gasteiger partial charge in [0.1, 0.15) is 0 Å². The number of hydrogen-bond acceptors (Lipinski definition) is 2. The van der Waals surface area contributed by atoms with Crippen LogP contribution in [0, 0.1) is 5.92 Å². The number of rotatable bonds is 4. The van der Waals surface area contributed by atoms with E-state index in [9.17, 15) is 10.2 Å². The van der Waals surface area contributed by atoms with Crippen molar-refractivity contribution in [2.45, 2.75) is 32.5 Å². The smallest absolute Gasteiger partial charge is 0.169 e. The van der Waals surface area contributed by atoms with E-state index in [1.54, 1.807) is 0 Å². The first kappa shape index (κ1) is 11.2. The van der Waals surface area contributed by atoms with Gasteiger partial charge in [-0.2, -0.15) is 0 Å².